The molecule has 0 aliphatic heterocycles. The third-order valence-corrected chi connectivity index (χ3v) is 17.0. The van der Waals surface area contributed by atoms with Crippen molar-refractivity contribution in [3.05, 3.63) is 72.9 Å². The number of carbonyl (C=O) groups excluding carboxylic acids is 2. The maximum Gasteiger partial charge on any atom is 0.306 e. The van der Waals surface area contributed by atoms with Crippen LogP contribution in [-0.2, 0) is 32.7 Å². The first-order chi connectivity index (χ1) is 41.5. The minimum Gasteiger partial charge on any atom is -0.756 e. The maximum absolute atomic E-state index is 12.8. The number of phosphoric ester groups is 1. The number of likely N-dealkylation sites (N-methyl/N-ethyl adjacent to an activating group) is 1. The summed E-state index contributed by atoms with van der Waals surface area (Å²) >= 11 is 0. The van der Waals surface area contributed by atoms with Crippen molar-refractivity contribution in [3.8, 4) is 0 Å². The first-order valence-corrected chi connectivity index (χ1v) is 37.6. The van der Waals surface area contributed by atoms with Gasteiger partial charge in [0, 0.05) is 12.8 Å². The Morgan fingerprint density at radius 1 is 0.376 bits per heavy atom. The molecule has 0 bridgehead atoms. The molecule has 9 nitrogen and oxygen atoms in total. The van der Waals surface area contributed by atoms with Crippen LogP contribution in [0.2, 0.25) is 0 Å². The molecule has 0 aliphatic carbocycles. The van der Waals surface area contributed by atoms with E-state index in [0.717, 1.165) is 70.6 Å². The number of quaternary nitrogens is 1. The van der Waals surface area contributed by atoms with Gasteiger partial charge in [0.1, 0.15) is 19.8 Å². The highest BCUT2D eigenvalue weighted by Gasteiger charge is 2.22. The molecule has 0 aromatic rings. The highest BCUT2D eigenvalue weighted by molar-refractivity contribution is 7.45. The van der Waals surface area contributed by atoms with E-state index in [4.69, 9.17) is 18.5 Å². The Bertz CT molecular complexity index is 1660. The molecular weight excluding hydrogens is 1070 g/mol. The molecule has 0 rings (SSSR count). The lowest BCUT2D eigenvalue weighted by atomic mass is 10.0. The third kappa shape index (κ3) is 70.4. The Kier molecular flexibility index (Phi) is 63.9. The van der Waals surface area contributed by atoms with E-state index in [9.17, 15) is 19.0 Å². The summed E-state index contributed by atoms with van der Waals surface area (Å²) in [5.74, 6) is -0.875. The number of hydrogen-bond acceptors (Lipinski definition) is 8. The fraction of sp³-hybridized carbons (Fsp3) is 0.813. The minimum atomic E-state index is -4.66. The van der Waals surface area contributed by atoms with Crippen molar-refractivity contribution in [1.82, 2.24) is 0 Å². The van der Waals surface area contributed by atoms with E-state index in [0.29, 0.717) is 17.4 Å². The second kappa shape index (κ2) is 65.9. The summed E-state index contributed by atoms with van der Waals surface area (Å²) in [6.07, 6.45) is 88.9. The number of ether oxygens (including phenoxy) is 2. The minimum absolute atomic E-state index is 0.0414. The quantitative estimate of drug-likeness (QED) is 0.0195. The molecule has 0 aromatic carbocycles. The van der Waals surface area contributed by atoms with Gasteiger partial charge in [0.25, 0.3) is 7.82 Å². The molecule has 0 amide bonds. The highest BCUT2D eigenvalue weighted by Crippen LogP contribution is 2.38. The van der Waals surface area contributed by atoms with Crippen molar-refractivity contribution in [2.45, 2.75) is 347 Å². The molecule has 0 saturated carbocycles. The smallest absolute Gasteiger partial charge is 0.306 e. The van der Waals surface area contributed by atoms with Crippen LogP contribution < -0.4 is 4.89 Å². The second-order valence-electron chi connectivity index (χ2n) is 25.6. The zero-order valence-electron chi connectivity index (χ0n) is 56.6. The van der Waals surface area contributed by atoms with Crippen LogP contribution >= 0.6 is 7.82 Å². The summed E-state index contributed by atoms with van der Waals surface area (Å²) in [6, 6.07) is 0. The molecule has 10 heteroatoms. The average molecular weight is 1210 g/mol. The van der Waals surface area contributed by atoms with Crippen LogP contribution in [0, 0.1) is 0 Å². The van der Waals surface area contributed by atoms with E-state index in [1.807, 2.05) is 21.1 Å². The van der Waals surface area contributed by atoms with Crippen LogP contribution in [0.5, 0.6) is 0 Å². The summed E-state index contributed by atoms with van der Waals surface area (Å²) in [5, 5.41) is 0. The molecule has 0 heterocycles. The van der Waals surface area contributed by atoms with Crippen LogP contribution in [0.25, 0.3) is 0 Å². The molecule has 0 radical (unpaired) electrons. The standard InChI is InChI=1S/C75H138NO8P/c1-6-8-10-12-14-16-18-20-22-24-26-28-29-30-31-32-33-34-35-36-37-38-39-40-41-42-43-44-45-46-48-49-51-53-55-57-59-61-63-65-67-74(77)81-71-73(72-83-85(79,80)82-70-69-76(3,4)5)84-75(78)68-66-64-62-60-58-56-54-52-50-47-27-25-23-21-19-17-15-13-11-9-7-2/h9,11,15,17,21,23,27,47,52,54,58,60,73H,6-8,10,12-14,16,18-20,22,24-26,28-46,48-51,53,55-57,59,61-72H2,1-5H3/b11-9-,17-15-,23-21-,47-27-,54-52-,60-58-. The van der Waals surface area contributed by atoms with E-state index < -0.39 is 32.5 Å². The first kappa shape index (κ1) is 82.5. The van der Waals surface area contributed by atoms with Gasteiger partial charge in [-0.25, -0.2) is 0 Å². The zero-order chi connectivity index (χ0) is 61.9. The number of allylic oxidation sites excluding steroid dienone is 12. The van der Waals surface area contributed by atoms with E-state index >= 15 is 0 Å². The number of nitrogens with zero attached hydrogens (tertiary/aromatic N) is 1. The van der Waals surface area contributed by atoms with Gasteiger partial charge in [-0.1, -0.05) is 337 Å². The number of rotatable bonds is 67. The lowest BCUT2D eigenvalue weighted by molar-refractivity contribution is -0.870. The lowest BCUT2D eigenvalue weighted by Gasteiger charge is -2.28. The van der Waals surface area contributed by atoms with E-state index in [1.54, 1.807) is 0 Å². The Labute approximate surface area is 527 Å². The van der Waals surface area contributed by atoms with Crippen molar-refractivity contribution in [3.63, 3.8) is 0 Å². The van der Waals surface area contributed by atoms with E-state index in [1.165, 1.54) is 238 Å². The van der Waals surface area contributed by atoms with Crippen LogP contribution in [0.15, 0.2) is 72.9 Å². The Hall–Kier alpha value is -2.55. The Morgan fingerprint density at radius 2 is 0.671 bits per heavy atom. The fourth-order valence-corrected chi connectivity index (χ4v) is 11.2. The molecule has 496 valence electrons. The molecule has 0 aliphatic rings. The van der Waals surface area contributed by atoms with Crippen LogP contribution in [-0.4, -0.2) is 70.0 Å². The van der Waals surface area contributed by atoms with Gasteiger partial charge in [0.05, 0.1) is 27.7 Å². The summed E-state index contributed by atoms with van der Waals surface area (Å²) in [6.45, 7) is 4.11. The van der Waals surface area contributed by atoms with Crippen LogP contribution in [0.3, 0.4) is 0 Å². The van der Waals surface area contributed by atoms with E-state index in [-0.39, 0.29) is 26.1 Å². The Balaban J connectivity index is 3.93. The molecule has 0 spiro atoms. The number of carbonyl (C=O) groups is 2. The van der Waals surface area contributed by atoms with Gasteiger partial charge in [-0.05, 0) is 64.2 Å². The lowest BCUT2D eigenvalue weighted by Crippen LogP contribution is -2.37. The van der Waals surface area contributed by atoms with Crippen molar-refractivity contribution < 1.29 is 42.1 Å². The number of phosphoric acid groups is 1. The van der Waals surface area contributed by atoms with Crippen molar-refractivity contribution >= 4 is 19.8 Å². The number of hydrogen-bond donors (Lipinski definition) is 0. The van der Waals surface area contributed by atoms with Crippen molar-refractivity contribution in [2.75, 3.05) is 47.5 Å². The Morgan fingerprint density at radius 3 is 1.00 bits per heavy atom. The molecule has 2 unspecified atom stereocenters. The average Bonchev–Trinajstić information content (AvgIpc) is 3.49. The molecule has 0 saturated heterocycles. The first-order valence-electron chi connectivity index (χ1n) is 36.1. The summed E-state index contributed by atoms with van der Waals surface area (Å²) in [7, 11) is 1.14. The van der Waals surface area contributed by atoms with Gasteiger partial charge in [-0.2, -0.15) is 0 Å². The van der Waals surface area contributed by atoms with Crippen LogP contribution in [0.4, 0.5) is 0 Å². The van der Waals surface area contributed by atoms with Crippen molar-refractivity contribution in [1.29, 1.82) is 0 Å². The molecule has 2 atom stereocenters. The number of esters is 2. The summed E-state index contributed by atoms with van der Waals surface area (Å²) in [5.41, 5.74) is 0. The molecule has 0 fully saturated rings. The largest absolute Gasteiger partial charge is 0.756 e. The molecule has 0 aromatic heterocycles. The molecule has 0 N–H and O–H groups in total. The number of unbranched alkanes of at least 4 members (excludes halogenated alkanes) is 41. The van der Waals surface area contributed by atoms with Gasteiger partial charge >= 0.3 is 11.9 Å². The van der Waals surface area contributed by atoms with E-state index in [2.05, 4.69) is 86.8 Å². The predicted octanol–water partition coefficient (Wildman–Crippen LogP) is 22.9. The van der Waals surface area contributed by atoms with Crippen LogP contribution in [0.1, 0.15) is 341 Å². The highest BCUT2D eigenvalue weighted by atomic mass is 31.2. The normalized spacial score (nSPS) is 13.5. The van der Waals surface area contributed by atoms with Gasteiger partial charge in [-0.15, -0.1) is 0 Å². The third-order valence-electron chi connectivity index (χ3n) is 16.0. The van der Waals surface area contributed by atoms with Gasteiger partial charge in [-0.3, -0.25) is 14.2 Å². The fourth-order valence-electron chi connectivity index (χ4n) is 10.5. The van der Waals surface area contributed by atoms with Gasteiger partial charge in [0.2, 0.25) is 0 Å². The van der Waals surface area contributed by atoms with Gasteiger partial charge < -0.3 is 27.9 Å². The second-order valence-corrected chi connectivity index (χ2v) is 27.0. The molecular formula is C75H138NO8P. The maximum atomic E-state index is 12.8. The van der Waals surface area contributed by atoms with Gasteiger partial charge in [0.15, 0.2) is 6.10 Å². The van der Waals surface area contributed by atoms with Crippen molar-refractivity contribution in [2.24, 2.45) is 0 Å². The predicted molar refractivity (Wildman–Crippen MR) is 365 cm³/mol. The SMILES string of the molecule is CC/C=C\C/C=C\C/C=C\C/C=C\C/C=C\C/C=C\CCCCC(=O)OC(COC(=O)CCCCCCCCCCCCCCCCCCCCCCCCCCCCCCCCCCCCCCCCCC)COP(=O)([O-])OCC[N+](C)(C)C. The summed E-state index contributed by atoms with van der Waals surface area (Å²) < 4.78 is 34.2. The topological polar surface area (TPSA) is 111 Å². The summed E-state index contributed by atoms with van der Waals surface area (Å²) in [4.78, 5) is 38.0. The molecule has 85 heavy (non-hydrogen) atoms. The zero-order valence-corrected chi connectivity index (χ0v) is 57.5. The monoisotopic (exact) mass is 1210 g/mol.